The first-order valence-corrected chi connectivity index (χ1v) is 8.25. The fourth-order valence-electron chi connectivity index (χ4n) is 2.35. The van der Waals surface area contributed by atoms with E-state index in [1.807, 2.05) is 0 Å². The monoisotopic (exact) mass is 456 g/mol. The molecule has 0 heterocycles. The molecule has 2 amide bonds. The molecule has 0 saturated carbocycles. The highest BCUT2D eigenvalue weighted by Gasteiger charge is 2.32. The van der Waals surface area contributed by atoms with Crippen LogP contribution in [0.3, 0.4) is 0 Å². The molecule has 0 radical (unpaired) electrons. The fourth-order valence-corrected chi connectivity index (χ4v) is 2.35. The Balaban J connectivity index is 2.09. The Morgan fingerprint density at radius 2 is 1.35 bits per heavy atom. The predicted octanol–water partition coefficient (Wildman–Crippen LogP) is 2.81. The van der Waals surface area contributed by atoms with E-state index in [-0.39, 0.29) is 12.1 Å². The molecule has 0 fully saturated rings. The van der Waals surface area contributed by atoms with Crippen LogP contribution in [0.4, 0.5) is 35.1 Å². The Bertz CT molecular complexity index is 964. The van der Waals surface area contributed by atoms with E-state index in [9.17, 15) is 49.8 Å². The fraction of sp³-hybridized carbons (Fsp3) is 0.222. The SMILES string of the molecule is O=C(N[C@@H](CO)C(=O)NCc1ccc(C(F)(F)F)cc1)c1c(F)c(F)c(F)c(F)c1F. The summed E-state index contributed by atoms with van der Waals surface area (Å²) in [5.74, 6) is -15.1. The van der Waals surface area contributed by atoms with Gasteiger partial charge in [-0.05, 0) is 17.7 Å². The number of carbonyl (C=O) groups is 2. The molecule has 0 unspecified atom stereocenters. The molecule has 3 N–H and O–H groups in total. The second-order valence-corrected chi connectivity index (χ2v) is 6.07. The van der Waals surface area contributed by atoms with Crippen molar-refractivity contribution in [3.8, 4) is 0 Å². The van der Waals surface area contributed by atoms with Gasteiger partial charge in [0.05, 0.1) is 12.2 Å². The zero-order valence-corrected chi connectivity index (χ0v) is 15.1. The topological polar surface area (TPSA) is 78.4 Å². The quantitative estimate of drug-likeness (QED) is 0.356. The van der Waals surface area contributed by atoms with Gasteiger partial charge in [-0.2, -0.15) is 13.2 Å². The Kier molecular flexibility index (Phi) is 7.21. The highest BCUT2D eigenvalue weighted by atomic mass is 19.4. The molecule has 0 spiro atoms. The maximum Gasteiger partial charge on any atom is 0.416 e. The summed E-state index contributed by atoms with van der Waals surface area (Å²) in [5, 5.41) is 13.0. The number of carbonyl (C=O) groups excluding carboxylic acids is 2. The standard InChI is InChI=1S/C18H12F8N2O3/c19-11-10(12(20)14(22)15(23)13(11)21)17(31)28-9(6-29)16(30)27-5-7-1-3-8(4-2-7)18(24,25)26/h1-4,9,29H,5-6H2,(H,27,30)(H,28,31)/t9-/m0/s1. The van der Waals surface area contributed by atoms with Crippen LogP contribution in [0.2, 0.25) is 0 Å². The van der Waals surface area contributed by atoms with Crippen LogP contribution < -0.4 is 10.6 Å². The van der Waals surface area contributed by atoms with Gasteiger partial charge in [-0.25, -0.2) is 22.0 Å². The minimum Gasteiger partial charge on any atom is -0.394 e. The minimum absolute atomic E-state index is 0.198. The van der Waals surface area contributed by atoms with E-state index in [0.29, 0.717) is 0 Å². The third kappa shape index (κ3) is 5.29. The summed E-state index contributed by atoms with van der Waals surface area (Å²) in [6.45, 7) is -1.48. The van der Waals surface area contributed by atoms with Gasteiger partial charge in [-0.1, -0.05) is 12.1 Å². The maximum atomic E-state index is 13.7. The van der Waals surface area contributed by atoms with Crippen LogP contribution in [0.15, 0.2) is 24.3 Å². The number of rotatable bonds is 6. The van der Waals surface area contributed by atoms with E-state index in [1.165, 1.54) is 0 Å². The van der Waals surface area contributed by atoms with Crippen LogP contribution in [-0.4, -0.2) is 29.6 Å². The van der Waals surface area contributed by atoms with E-state index in [2.05, 4.69) is 5.32 Å². The predicted molar refractivity (Wildman–Crippen MR) is 87.9 cm³/mol. The van der Waals surface area contributed by atoms with E-state index < -0.39 is 70.9 Å². The molecule has 0 aliphatic carbocycles. The van der Waals surface area contributed by atoms with Crippen molar-refractivity contribution in [1.82, 2.24) is 10.6 Å². The summed E-state index contributed by atoms with van der Waals surface area (Å²) in [4.78, 5) is 24.0. The second-order valence-electron chi connectivity index (χ2n) is 6.07. The molecule has 0 aliphatic heterocycles. The van der Waals surface area contributed by atoms with Crippen LogP contribution >= 0.6 is 0 Å². The van der Waals surface area contributed by atoms with Gasteiger partial charge >= 0.3 is 6.18 Å². The van der Waals surface area contributed by atoms with E-state index in [4.69, 9.17) is 0 Å². The third-order valence-corrected chi connectivity index (χ3v) is 3.99. The zero-order chi connectivity index (χ0) is 23.5. The number of hydrogen-bond donors (Lipinski definition) is 3. The normalized spacial score (nSPS) is 12.4. The number of halogens is 8. The molecule has 2 rings (SSSR count). The van der Waals surface area contributed by atoms with Crippen LogP contribution in [-0.2, 0) is 17.5 Å². The smallest absolute Gasteiger partial charge is 0.394 e. The van der Waals surface area contributed by atoms with Crippen LogP contribution in [0.1, 0.15) is 21.5 Å². The molecule has 1 atom stereocenters. The van der Waals surface area contributed by atoms with Crippen molar-refractivity contribution in [2.24, 2.45) is 0 Å². The molecule has 2 aromatic rings. The Morgan fingerprint density at radius 1 is 0.871 bits per heavy atom. The number of alkyl halides is 3. The first-order valence-electron chi connectivity index (χ1n) is 8.25. The van der Waals surface area contributed by atoms with E-state index >= 15 is 0 Å². The second kappa shape index (κ2) is 9.29. The highest BCUT2D eigenvalue weighted by Crippen LogP contribution is 2.29. The highest BCUT2D eigenvalue weighted by molar-refractivity contribution is 5.98. The summed E-state index contributed by atoms with van der Waals surface area (Å²) < 4.78 is 104. The number of amides is 2. The summed E-state index contributed by atoms with van der Waals surface area (Å²) in [6.07, 6.45) is -4.57. The summed E-state index contributed by atoms with van der Waals surface area (Å²) in [5.41, 5.74) is -2.60. The van der Waals surface area contributed by atoms with Crippen molar-refractivity contribution in [2.75, 3.05) is 6.61 Å². The summed E-state index contributed by atoms with van der Waals surface area (Å²) in [7, 11) is 0. The number of aliphatic hydroxyl groups excluding tert-OH is 1. The van der Waals surface area contributed by atoms with Crippen LogP contribution in [0.5, 0.6) is 0 Å². The summed E-state index contributed by atoms with van der Waals surface area (Å²) >= 11 is 0. The number of nitrogens with one attached hydrogen (secondary N) is 2. The van der Waals surface area contributed by atoms with Gasteiger partial charge in [0.15, 0.2) is 23.3 Å². The van der Waals surface area contributed by atoms with Crippen molar-refractivity contribution in [2.45, 2.75) is 18.8 Å². The minimum atomic E-state index is -4.57. The molecule has 2 aromatic carbocycles. The van der Waals surface area contributed by atoms with Crippen molar-refractivity contribution in [3.05, 3.63) is 70.0 Å². The van der Waals surface area contributed by atoms with Gasteiger partial charge in [-0.15, -0.1) is 0 Å². The van der Waals surface area contributed by atoms with E-state index in [0.717, 1.165) is 24.3 Å². The number of benzene rings is 2. The molecule has 168 valence electrons. The van der Waals surface area contributed by atoms with Gasteiger partial charge < -0.3 is 15.7 Å². The van der Waals surface area contributed by atoms with Crippen molar-refractivity contribution in [3.63, 3.8) is 0 Å². The largest absolute Gasteiger partial charge is 0.416 e. The average Bonchev–Trinajstić information content (AvgIpc) is 2.72. The lowest BCUT2D eigenvalue weighted by Gasteiger charge is -2.17. The molecular weight excluding hydrogens is 444 g/mol. The first kappa shape index (κ1) is 24.1. The Labute approximate surface area is 168 Å². The third-order valence-electron chi connectivity index (χ3n) is 3.99. The van der Waals surface area contributed by atoms with Gasteiger partial charge in [0.25, 0.3) is 5.91 Å². The first-order chi connectivity index (χ1) is 14.4. The zero-order valence-electron chi connectivity index (χ0n) is 15.1. The van der Waals surface area contributed by atoms with Crippen molar-refractivity contribution in [1.29, 1.82) is 0 Å². The lowest BCUT2D eigenvalue weighted by atomic mass is 10.1. The molecule has 13 heteroatoms. The van der Waals surface area contributed by atoms with Crippen LogP contribution in [0, 0.1) is 29.1 Å². The maximum absolute atomic E-state index is 13.7. The molecule has 31 heavy (non-hydrogen) atoms. The molecule has 0 aliphatic rings. The van der Waals surface area contributed by atoms with Crippen molar-refractivity contribution < 1.29 is 49.8 Å². The van der Waals surface area contributed by atoms with Gasteiger partial charge in [0, 0.05) is 6.54 Å². The molecule has 0 aromatic heterocycles. The molecule has 0 bridgehead atoms. The molecule has 5 nitrogen and oxygen atoms in total. The molecular formula is C18H12F8N2O3. The van der Waals surface area contributed by atoms with E-state index in [1.54, 1.807) is 5.32 Å². The summed E-state index contributed by atoms with van der Waals surface area (Å²) in [6, 6.07) is 1.72. The lowest BCUT2D eigenvalue weighted by Crippen LogP contribution is -2.49. The average molecular weight is 456 g/mol. The van der Waals surface area contributed by atoms with Crippen molar-refractivity contribution >= 4 is 11.8 Å². The molecule has 0 saturated heterocycles. The number of aliphatic hydroxyl groups is 1. The van der Waals surface area contributed by atoms with Gasteiger partial charge in [0.2, 0.25) is 11.7 Å². The van der Waals surface area contributed by atoms with Gasteiger partial charge in [0.1, 0.15) is 11.6 Å². The van der Waals surface area contributed by atoms with Crippen LogP contribution in [0.25, 0.3) is 0 Å². The Hall–Kier alpha value is -3.22. The van der Waals surface area contributed by atoms with Gasteiger partial charge in [-0.3, -0.25) is 9.59 Å². The number of hydrogen-bond acceptors (Lipinski definition) is 3. The lowest BCUT2D eigenvalue weighted by molar-refractivity contribution is -0.137. The Morgan fingerprint density at radius 3 is 1.81 bits per heavy atom.